The van der Waals surface area contributed by atoms with Gasteiger partial charge in [-0.25, -0.2) is 9.40 Å². The minimum atomic E-state index is -0.522. The zero-order valence-corrected chi connectivity index (χ0v) is 20.4. The summed E-state index contributed by atoms with van der Waals surface area (Å²) in [7, 11) is 1.51. The summed E-state index contributed by atoms with van der Waals surface area (Å²) < 4.78 is 29.9. The molecule has 0 spiro atoms. The van der Waals surface area contributed by atoms with E-state index >= 15 is 0 Å². The Morgan fingerprint density at radius 2 is 2.03 bits per heavy atom. The SMILES string of the molecule is COCCN(CC(=O)N1N=C(c2cccs2)C[C@@H]1c1ccc2c(c1)OCO2)C(=O)c1cccc(F)c1. The molecule has 10 heteroatoms. The first-order valence-electron chi connectivity index (χ1n) is 11.4. The van der Waals surface area contributed by atoms with Gasteiger partial charge in [-0.3, -0.25) is 9.59 Å². The summed E-state index contributed by atoms with van der Waals surface area (Å²) in [6.07, 6.45) is 0.516. The topological polar surface area (TPSA) is 80.7 Å². The summed E-state index contributed by atoms with van der Waals surface area (Å²) in [5.74, 6) is -0.0642. The van der Waals surface area contributed by atoms with Gasteiger partial charge in [-0.1, -0.05) is 18.2 Å². The molecule has 186 valence electrons. The molecule has 5 rings (SSSR count). The molecule has 3 heterocycles. The molecule has 36 heavy (non-hydrogen) atoms. The number of hydrogen-bond donors (Lipinski definition) is 0. The normalized spacial score (nSPS) is 16.2. The van der Waals surface area contributed by atoms with Crippen LogP contribution in [0.5, 0.6) is 11.5 Å². The van der Waals surface area contributed by atoms with Gasteiger partial charge in [0.05, 0.1) is 23.2 Å². The second kappa shape index (κ2) is 10.5. The maximum atomic E-state index is 13.8. The van der Waals surface area contributed by atoms with E-state index in [4.69, 9.17) is 14.2 Å². The third-order valence-electron chi connectivity index (χ3n) is 6.00. The minimum Gasteiger partial charge on any atom is -0.454 e. The van der Waals surface area contributed by atoms with Crippen LogP contribution in [-0.4, -0.2) is 61.0 Å². The Kier molecular flexibility index (Phi) is 6.97. The van der Waals surface area contributed by atoms with Gasteiger partial charge in [-0.15, -0.1) is 11.3 Å². The van der Waals surface area contributed by atoms with Crippen LogP contribution in [0.15, 0.2) is 65.1 Å². The van der Waals surface area contributed by atoms with E-state index in [1.54, 1.807) is 11.3 Å². The van der Waals surface area contributed by atoms with Crippen LogP contribution in [0.1, 0.15) is 33.3 Å². The molecule has 0 N–H and O–H groups in total. The lowest BCUT2D eigenvalue weighted by molar-refractivity contribution is -0.133. The number of thiophene rings is 1. The number of methoxy groups -OCH3 is 1. The van der Waals surface area contributed by atoms with Crippen molar-refractivity contribution >= 4 is 28.9 Å². The summed E-state index contributed by atoms with van der Waals surface area (Å²) >= 11 is 1.55. The fraction of sp³-hybridized carbons (Fsp3) is 0.269. The Labute approximate surface area is 211 Å². The Bertz CT molecular complexity index is 1300. The van der Waals surface area contributed by atoms with Crippen LogP contribution in [0.25, 0.3) is 0 Å². The van der Waals surface area contributed by atoms with Crippen LogP contribution >= 0.6 is 11.3 Å². The second-order valence-corrected chi connectivity index (χ2v) is 9.27. The number of benzene rings is 2. The summed E-state index contributed by atoms with van der Waals surface area (Å²) in [6.45, 7) is 0.311. The predicted octanol–water partition coefficient (Wildman–Crippen LogP) is 4.08. The van der Waals surface area contributed by atoms with Gasteiger partial charge >= 0.3 is 0 Å². The Morgan fingerprint density at radius 3 is 2.81 bits per heavy atom. The molecule has 2 aliphatic heterocycles. The van der Waals surface area contributed by atoms with Crippen molar-refractivity contribution in [1.82, 2.24) is 9.91 Å². The molecule has 0 saturated carbocycles. The number of ether oxygens (including phenoxy) is 3. The molecule has 0 radical (unpaired) electrons. The van der Waals surface area contributed by atoms with E-state index in [-0.39, 0.29) is 44.0 Å². The molecule has 0 saturated heterocycles. The van der Waals surface area contributed by atoms with E-state index in [0.717, 1.165) is 22.2 Å². The van der Waals surface area contributed by atoms with Crippen LogP contribution in [0, 0.1) is 5.82 Å². The van der Waals surface area contributed by atoms with Crippen LogP contribution in [0.2, 0.25) is 0 Å². The van der Waals surface area contributed by atoms with Gasteiger partial charge in [0.2, 0.25) is 6.79 Å². The van der Waals surface area contributed by atoms with E-state index in [1.165, 1.54) is 35.2 Å². The second-order valence-electron chi connectivity index (χ2n) is 8.32. The smallest absolute Gasteiger partial charge is 0.262 e. The first-order chi connectivity index (χ1) is 17.5. The van der Waals surface area contributed by atoms with Crippen molar-refractivity contribution < 1.29 is 28.2 Å². The molecule has 2 aliphatic rings. The number of halogens is 1. The highest BCUT2D eigenvalue weighted by Gasteiger charge is 2.35. The summed E-state index contributed by atoms with van der Waals surface area (Å²) in [6, 6.07) is 14.5. The Hall–Kier alpha value is -3.76. The lowest BCUT2D eigenvalue weighted by Crippen LogP contribution is -2.42. The average Bonchev–Trinajstić information content (AvgIpc) is 3.65. The summed E-state index contributed by atoms with van der Waals surface area (Å²) in [4.78, 5) is 29.1. The predicted molar refractivity (Wildman–Crippen MR) is 132 cm³/mol. The molecule has 0 unspecified atom stereocenters. The van der Waals surface area contributed by atoms with Gasteiger partial charge in [0.1, 0.15) is 12.4 Å². The standard InChI is InChI=1S/C26H24FN3O5S/c1-33-10-9-29(26(32)18-4-2-5-19(27)12-18)15-25(31)30-21(14-20(28-30)24-6-3-11-36-24)17-7-8-22-23(13-17)35-16-34-22/h2-8,11-13,21H,9-10,14-16H2,1H3/t21-/m1/s1. The van der Waals surface area contributed by atoms with E-state index in [9.17, 15) is 14.0 Å². The number of rotatable bonds is 8. The molecule has 3 aromatic rings. The molecule has 0 fully saturated rings. The molecular weight excluding hydrogens is 485 g/mol. The van der Waals surface area contributed by atoms with Crippen molar-refractivity contribution in [2.45, 2.75) is 12.5 Å². The van der Waals surface area contributed by atoms with Crippen LogP contribution in [-0.2, 0) is 9.53 Å². The molecule has 1 aromatic heterocycles. The van der Waals surface area contributed by atoms with Gasteiger partial charge in [0.15, 0.2) is 11.5 Å². The quantitative estimate of drug-likeness (QED) is 0.457. The third kappa shape index (κ3) is 4.95. The highest BCUT2D eigenvalue weighted by Crippen LogP contribution is 2.39. The minimum absolute atomic E-state index is 0.152. The molecule has 1 atom stereocenters. The lowest BCUT2D eigenvalue weighted by Gasteiger charge is -2.27. The van der Waals surface area contributed by atoms with Crippen molar-refractivity contribution in [2.24, 2.45) is 5.10 Å². The first-order valence-corrected chi connectivity index (χ1v) is 12.3. The highest BCUT2D eigenvalue weighted by molar-refractivity contribution is 7.12. The van der Waals surface area contributed by atoms with E-state index in [1.807, 2.05) is 35.7 Å². The lowest BCUT2D eigenvalue weighted by atomic mass is 10.0. The van der Waals surface area contributed by atoms with Gasteiger partial charge in [-0.2, -0.15) is 5.10 Å². The van der Waals surface area contributed by atoms with Crippen LogP contribution in [0.4, 0.5) is 4.39 Å². The van der Waals surface area contributed by atoms with Crippen molar-refractivity contribution in [3.05, 3.63) is 81.8 Å². The average molecular weight is 510 g/mol. The molecule has 2 aromatic carbocycles. The summed E-state index contributed by atoms with van der Waals surface area (Å²) in [5.41, 5.74) is 1.80. The largest absolute Gasteiger partial charge is 0.454 e. The van der Waals surface area contributed by atoms with Gasteiger partial charge in [0.25, 0.3) is 11.8 Å². The zero-order valence-electron chi connectivity index (χ0n) is 19.6. The van der Waals surface area contributed by atoms with Crippen molar-refractivity contribution in [1.29, 1.82) is 0 Å². The molecule has 8 nitrogen and oxygen atoms in total. The molecule has 2 amide bonds. The van der Waals surface area contributed by atoms with Gasteiger partial charge in [-0.05, 0) is 47.3 Å². The van der Waals surface area contributed by atoms with Crippen LogP contribution in [0.3, 0.4) is 0 Å². The summed E-state index contributed by atoms with van der Waals surface area (Å²) in [5, 5.41) is 8.07. The maximum Gasteiger partial charge on any atom is 0.262 e. The third-order valence-corrected chi connectivity index (χ3v) is 6.92. The first kappa shape index (κ1) is 24.0. The fourth-order valence-electron chi connectivity index (χ4n) is 4.21. The molecule has 0 bridgehead atoms. The number of hydrazone groups is 1. The fourth-order valence-corrected chi connectivity index (χ4v) is 4.93. The maximum absolute atomic E-state index is 13.8. The Balaban J connectivity index is 1.42. The highest BCUT2D eigenvalue weighted by atomic mass is 32.1. The van der Waals surface area contributed by atoms with E-state index < -0.39 is 11.7 Å². The number of fused-ring (bicyclic) bond motifs is 1. The van der Waals surface area contributed by atoms with Gasteiger partial charge in [0, 0.05) is 25.6 Å². The van der Waals surface area contributed by atoms with Crippen molar-refractivity contribution in [2.75, 3.05) is 33.6 Å². The van der Waals surface area contributed by atoms with E-state index in [0.29, 0.717) is 17.9 Å². The Morgan fingerprint density at radius 1 is 1.17 bits per heavy atom. The van der Waals surface area contributed by atoms with Gasteiger partial charge < -0.3 is 19.1 Å². The van der Waals surface area contributed by atoms with Crippen molar-refractivity contribution in [3.8, 4) is 11.5 Å². The number of carbonyl (C=O) groups excluding carboxylic acids is 2. The van der Waals surface area contributed by atoms with E-state index in [2.05, 4.69) is 5.10 Å². The molecule has 0 aliphatic carbocycles. The number of carbonyl (C=O) groups is 2. The van der Waals surface area contributed by atoms with Crippen molar-refractivity contribution in [3.63, 3.8) is 0 Å². The number of hydrogen-bond acceptors (Lipinski definition) is 7. The van der Waals surface area contributed by atoms with Crippen LogP contribution < -0.4 is 9.47 Å². The zero-order chi connectivity index (χ0) is 25.1. The number of amides is 2. The monoisotopic (exact) mass is 509 g/mol. The number of nitrogens with zero attached hydrogens (tertiary/aromatic N) is 3. The molecular formula is C26H24FN3O5S.